The van der Waals surface area contributed by atoms with E-state index in [-0.39, 0.29) is 17.9 Å². The van der Waals surface area contributed by atoms with Crippen LogP contribution in [0.3, 0.4) is 0 Å². The molecule has 0 amide bonds. The SMILES string of the molecule is C=CC1(C)CCC(C(=C)CSCCO[C@@H]2O[C@@H](COC(C)=O)[C@H](O[C@@H]3O[C@@H](COC(C)=O)[C@@H](OC(C)=O)[C@@H](OC(C)=O)[C@@H]3OC(C)=O)[C@@H](OC(C)=O)[C@@H]2OC(C)=O)CC1C(=C)C. The first-order chi connectivity index (χ1) is 29.1. The lowest BCUT2D eigenvalue weighted by Crippen LogP contribution is -2.67. The van der Waals surface area contributed by atoms with Gasteiger partial charge in [0.1, 0.15) is 31.5 Å². The van der Waals surface area contributed by atoms with E-state index in [4.69, 9.17) is 52.1 Å². The Kier molecular flexibility index (Phi) is 20.1. The summed E-state index contributed by atoms with van der Waals surface area (Å²) in [5, 5.41) is 0. The summed E-state index contributed by atoms with van der Waals surface area (Å²) in [5.74, 6) is -4.08. The number of rotatable bonds is 20. The molecule has 19 heteroatoms. The van der Waals surface area contributed by atoms with E-state index in [1.807, 2.05) is 13.0 Å². The Morgan fingerprint density at radius 1 is 0.645 bits per heavy atom. The molecule has 1 aliphatic carbocycles. The third kappa shape index (κ3) is 15.2. The number of hydrogen-bond donors (Lipinski definition) is 0. The largest absolute Gasteiger partial charge is 0.463 e. The van der Waals surface area contributed by atoms with E-state index in [0.717, 1.165) is 78.9 Å². The number of carbonyl (C=O) groups is 7. The number of ether oxygens (including phenoxy) is 11. The minimum atomic E-state index is -1.79. The Labute approximate surface area is 366 Å². The van der Waals surface area contributed by atoms with E-state index < -0.39 is 116 Å². The summed E-state index contributed by atoms with van der Waals surface area (Å²) in [6.45, 7) is 23.6. The summed E-state index contributed by atoms with van der Waals surface area (Å²) in [6, 6.07) is 0. The highest BCUT2D eigenvalue weighted by molar-refractivity contribution is 7.99. The predicted octanol–water partition coefficient (Wildman–Crippen LogP) is 4.10. The van der Waals surface area contributed by atoms with Crippen LogP contribution in [-0.4, -0.2) is 135 Å². The van der Waals surface area contributed by atoms with Crippen LogP contribution in [0.15, 0.2) is 37.0 Å². The molecule has 13 atom stereocenters. The molecule has 3 fully saturated rings. The number of hydrogen-bond acceptors (Lipinski definition) is 19. The van der Waals surface area contributed by atoms with Crippen molar-refractivity contribution in [1.29, 1.82) is 0 Å². The third-order valence-corrected chi connectivity index (χ3v) is 11.7. The molecule has 2 aliphatic heterocycles. The minimum absolute atomic E-state index is 0.0227. The summed E-state index contributed by atoms with van der Waals surface area (Å²) >= 11 is 1.58. The Balaban J connectivity index is 1.94. The standard InChI is InChI=1S/C43H62O18S/c1-13-43(12)15-14-31(18-32(43)22(2)3)23(4)21-62-17-16-51-41-39(57-29(10)49)38(56-28(9)48)36(34(59-41)20-53-25(6)45)61-42-40(58-30(11)50)37(55-27(8)47)35(54-26(7)46)33(60-42)19-52-24(5)44/h13,31-42H,1-2,4,14-21H2,3,5-12H3/t31?,32?,33-,34-,35+,36-,37+,38+,39-,40-,41+,42-,43?/m0/s1. The van der Waals surface area contributed by atoms with Crippen LogP contribution in [0.25, 0.3) is 0 Å². The molecule has 0 aromatic heterocycles. The monoisotopic (exact) mass is 898 g/mol. The fourth-order valence-corrected chi connectivity index (χ4v) is 8.72. The van der Waals surface area contributed by atoms with Gasteiger partial charge in [0.25, 0.3) is 0 Å². The van der Waals surface area contributed by atoms with Crippen molar-refractivity contribution in [2.75, 3.05) is 31.3 Å². The van der Waals surface area contributed by atoms with Crippen LogP contribution in [0.1, 0.15) is 81.6 Å². The molecule has 348 valence electrons. The van der Waals surface area contributed by atoms with Crippen molar-refractivity contribution in [1.82, 2.24) is 0 Å². The average molecular weight is 899 g/mol. The molecule has 3 unspecified atom stereocenters. The quantitative estimate of drug-likeness (QED) is 0.0727. The van der Waals surface area contributed by atoms with Crippen LogP contribution >= 0.6 is 11.8 Å². The maximum absolute atomic E-state index is 12.7. The molecule has 0 bridgehead atoms. The van der Waals surface area contributed by atoms with Crippen LogP contribution in [0.5, 0.6) is 0 Å². The molecule has 1 saturated carbocycles. The van der Waals surface area contributed by atoms with Crippen LogP contribution in [0.4, 0.5) is 0 Å². The maximum atomic E-state index is 12.7. The first-order valence-corrected chi connectivity index (χ1v) is 21.5. The van der Waals surface area contributed by atoms with Gasteiger partial charge in [-0.3, -0.25) is 33.6 Å². The molecular weight excluding hydrogens is 837 g/mol. The highest BCUT2D eigenvalue weighted by Gasteiger charge is 2.57. The number of carbonyl (C=O) groups excluding carboxylic acids is 7. The summed E-state index contributed by atoms with van der Waals surface area (Å²) < 4.78 is 63.3. The molecule has 0 aromatic rings. The van der Waals surface area contributed by atoms with E-state index in [9.17, 15) is 33.6 Å². The Morgan fingerprint density at radius 3 is 1.58 bits per heavy atom. The zero-order valence-electron chi connectivity index (χ0n) is 37.0. The van der Waals surface area contributed by atoms with Gasteiger partial charge in [-0.2, -0.15) is 11.8 Å². The normalized spacial score (nSPS) is 31.9. The molecule has 62 heavy (non-hydrogen) atoms. The van der Waals surface area contributed by atoms with Gasteiger partial charge in [-0.05, 0) is 43.4 Å². The van der Waals surface area contributed by atoms with Gasteiger partial charge >= 0.3 is 41.8 Å². The van der Waals surface area contributed by atoms with Gasteiger partial charge in [0.15, 0.2) is 43.1 Å². The van der Waals surface area contributed by atoms with Crippen molar-refractivity contribution < 1.29 is 85.7 Å². The molecule has 0 spiro atoms. The van der Waals surface area contributed by atoms with E-state index in [2.05, 4.69) is 26.7 Å². The summed E-state index contributed by atoms with van der Waals surface area (Å²) in [7, 11) is 0. The van der Waals surface area contributed by atoms with Crippen molar-refractivity contribution >= 4 is 53.5 Å². The second kappa shape index (κ2) is 24.0. The topological polar surface area (TPSA) is 221 Å². The second-order valence-corrected chi connectivity index (χ2v) is 16.9. The predicted molar refractivity (Wildman–Crippen MR) is 220 cm³/mol. The van der Waals surface area contributed by atoms with Gasteiger partial charge in [-0.15, -0.1) is 6.58 Å². The van der Waals surface area contributed by atoms with E-state index in [0.29, 0.717) is 17.4 Å². The van der Waals surface area contributed by atoms with Gasteiger partial charge in [-0.25, -0.2) is 0 Å². The Morgan fingerprint density at radius 2 is 1.10 bits per heavy atom. The highest BCUT2D eigenvalue weighted by atomic mass is 32.2. The van der Waals surface area contributed by atoms with E-state index in [1.165, 1.54) is 0 Å². The zero-order chi connectivity index (χ0) is 46.5. The second-order valence-electron chi connectivity index (χ2n) is 15.8. The van der Waals surface area contributed by atoms with Crippen molar-refractivity contribution in [3.8, 4) is 0 Å². The summed E-state index contributed by atoms with van der Waals surface area (Å²) in [6.07, 6.45) is -10.5. The molecule has 0 N–H and O–H groups in total. The lowest BCUT2D eigenvalue weighted by atomic mass is 9.61. The minimum Gasteiger partial charge on any atom is -0.463 e. The van der Waals surface area contributed by atoms with Gasteiger partial charge in [0, 0.05) is 60.0 Å². The lowest BCUT2D eigenvalue weighted by molar-refractivity contribution is -0.360. The van der Waals surface area contributed by atoms with Crippen LogP contribution in [0.2, 0.25) is 0 Å². The smallest absolute Gasteiger partial charge is 0.303 e. The van der Waals surface area contributed by atoms with Crippen LogP contribution in [-0.2, 0) is 85.7 Å². The van der Waals surface area contributed by atoms with Crippen molar-refractivity contribution in [2.24, 2.45) is 17.3 Å². The molecule has 18 nitrogen and oxygen atoms in total. The molecule has 2 saturated heterocycles. The summed E-state index contributed by atoms with van der Waals surface area (Å²) in [4.78, 5) is 86.5. The molecule has 3 aliphatic rings. The molecule has 2 heterocycles. The van der Waals surface area contributed by atoms with Crippen molar-refractivity contribution in [3.63, 3.8) is 0 Å². The molecular formula is C43H62O18S. The van der Waals surface area contributed by atoms with E-state index in [1.54, 1.807) is 11.8 Å². The molecule has 3 rings (SSSR count). The Hall–Kier alpha value is -4.30. The van der Waals surface area contributed by atoms with Gasteiger partial charge in [0.2, 0.25) is 0 Å². The van der Waals surface area contributed by atoms with Crippen LogP contribution < -0.4 is 0 Å². The van der Waals surface area contributed by atoms with E-state index >= 15 is 0 Å². The number of thioether (sulfide) groups is 1. The molecule has 0 aromatic carbocycles. The summed E-state index contributed by atoms with van der Waals surface area (Å²) in [5.41, 5.74) is 2.19. The number of esters is 7. The fraction of sp³-hybridized carbons (Fsp3) is 0.698. The molecule has 0 radical (unpaired) electrons. The van der Waals surface area contributed by atoms with Gasteiger partial charge in [0.05, 0.1) is 6.61 Å². The lowest BCUT2D eigenvalue weighted by Gasteiger charge is -2.48. The van der Waals surface area contributed by atoms with Crippen molar-refractivity contribution in [2.45, 2.75) is 143 Å². The van der Waals surface area contributed by atoms with Gasteiger partial charge in [-0.1, -0.05) is 37.3 Å². The first kappa shape index (κ1) is 52.0. The van der Waals surface area contributed by atoms with Crippen molar-refractivity contribution in [3.05, 3.63) is 37.0 Å². The highest BCUT2D eigenvalue weighted by Crippen LogP contribution is 2.49. The van der Waals surface area contributed by atoms with Crippen LogP contribution in [0, 0.1) is 17.3 Å². The average Bonchev–Trinajstić information content (AvgIpc) is 3.16. The third-order valence-electron chi connectivity index (χ3n) is 10.7. The number of allylic oxidation sites excluding steroid dienone is 2. The maximum Gasteiger partial charge on any atom is 0.303 e. The van der Waals surface area contributed by atoms with Gasteiger partial charge < -0.3 is 52.1 Å². The zero-order valence-corrected chi connectivity index (χ0v) is 37.9. The first-order valence-electron chi connectivity index (χ1n) is 20.3. The fourth-order valence-electron chi connectivity index (χ4n) is 7.86. The Bertz CT molecular complexity index is 1660.